The number of carbonyl (C=O) groups excluding carboxylic acids is 1. The summed E-state index contributed by atoms with van der Waals surface area (Å²) in [5.41, 5.74) is 6.20. The van der Waals surface area contributed by atoms with E-state index in [1.165, 1.54) is 10.5 Å². The van der Waals surface area contributed by atoms with E-state index >= 15 is 0 Å². The first-order chi connectivity index (χ1) is 11.5. The molecule has 0 radical (unpaired) electrons. The molecule has 4 rings (SSSR count). The summed E-state index contributed by atoms with van der Waals surface area (Å²) >= 11 is 1.68. The quantitative estimate of drug-likeness (QED) is 0.811. The van der Waals surface area contributed by atoms with Gasteiger partial charge in [0.25, 0.3) is 0 Å². The fourth-order valence-corrected chi connectivity index (χ4v) is 5.74. The predicted octanol–water partition coefficient (Wildman–Crippen LogP) is 4.48. The largest absolute Gasteiger partial charge is 0.294 e. The molecule has 0 aliphatic heterocycles. The van der Waals surface area contributed by atoms with Gasteiger partial charge in [-0.2, -0.15) is 0 Å². The third-order valence-corrected chi connectivity index (χ3v) is 6.52. The zero-order chi connectivity index (χ0) is 16.9. The Morgan fingerprint density at radius 2 is 2.12 bits per heavy atom. The van der Waals surface area contributed by atoms with E-state index < -0.39 is 0 Å². The predicted molar refractivity (Wildman–Crippen MR) is 96.2 cm³/mol. The number of pyridine rings is 1. The minimum absolute atomic E-state index is 0.0395. The molecule has 0 fully saturated rings. The number of aromatic nitrogens is 2. The maximum absolute atomic E-state index is 13.2. The van der Waals surface area contributed by atoms with Gasteiger partial charge in [-0.1, -0.05) is 32.4 Å². The summed E-state index contributed by atoms with van der Waals surface area (Å²) in [6.07, 6.45) is 7.01. The first-order valence-electron chi connectivity index (χ1n) is 8.57. The Balaban J connectivity index is 2.03. The number of ketones is 1. The van der Waals surface area contributed by atoms with Crippen molar-refractivity contribution in [2.75, 3.05) is 0 Å². The molecule has 0 bridgehead atoms. The van der Waals surface area contributed by atoms with Crippen LogP contribution in [0.15, 0.2) is 41.2 Å². The summed E-state index contributed by atoms with van der Waals surface area (Å²) in [5.74, 6) is 0.311. The van der Waals surface area contributed by atoms with Crippen LogP contribution in [0.4, 0.5) is 0 Å². The molecular weight excluding hydrogens is 316 g/mol. The molecule has 2 aromatic rings. The molecule has 2 aliphatic rings. The van der Waals surface area contributed by atoms with Crippen molar-refractivity contribution in [3.05, 3.63) is 57.3 Å². The zero-order valence-electron chi connectivity index (χ0n) is 14.4. The number of nitrogens with zero attached hydrogens (tertiary/aromatic N) is 2. The van der Waals surface area contributed by atoms with Crippen LogP contribution in [0.2, 0.25) is 0 Å². The number of rotatable bonds is 2. The van der Waals surface area contributed by atoms with Crippen molar-refractivity contribution in [3.8, 4) is 0 Å². The van der Waals surface area contributed by atoms with Gasteiger partial charge in [-0.05, 0) is 29.9 Å². The van der Waals surface area contributed by atoms with Gasteiger partial charge in [-0.15, -0.1) is 11.3 Å². The van der Waals surface area contributed by atoms with E-state index in [2.05, 4.69) is 36.8 Å². The molecule has 4 heteroatoms. The molecule has 2 heterocycles. The monoisotopic (exact) mass is 338 g/mol. The van der Waals surface area contributed by atoms with E-state index in [1.54, 1.807) is 17.5 Å². The van der Waals surface area contributed by atoms with Gasteiger partial charge in [0.15, 0.2) is 5.78 Å². The summed E-state index contributed by atoms with van der Waals surface area (Å²) < 4.78 is 0. The van der Waals surface area contributed by atoms with Crippen molar-refractivity contribution in [3.63, 3.8) is 0 Å². The first-order valence-corrected chi connectivity index (χ1v) is 9.45. The summed E-state index contributed by atoms with van der Waals surface area (Å²) in [5, 5.41) is 0. The number of hydrogen-bond donors (Lipinski definition) is 0. The molecule has 3 nitrogen and oxygen atoms in total. The molecule has 24 heavy (non-hydrogen) atoms. The van der Waals surface area contributed by atoms with Crippen LogP contribution in [-0.2, 0) is 16.6 Å². The number of allylic oxidation sites excluding steroid dienone is 2. The van der Waals surface area contributed by atoms with Crippen LogP contribution in [0.25, 0.3) is 0 Å². The number of Topliss-reactive ketones (excluding diaryl/α,β-unsaturated/α-hetero) is 1. The highest BCUT2D eigenvalue weighted by molar-refractivity contribution is 7.10. The van der Waals surface area contributed by atoms with Gasteiger partial charge in [-0.3, -0.25) is 9.78 Å². The Labute approximate surface area is 146 Å². The number of hydrogen-bond acceptors (Lipinski definition) is 4. The molecule has 1 unspecified atom stereocenters. The Kier molecular flexibility index (Phi) is 3.50. The van der Waals surface area contributed by atoms with Gasteiger partial charge in [0.05, 0.1) is 16.6 Å². The standard InChI is InChI=1S/C20H22N2OS/c1-4-20(14-6-5-7-21-11-14)17-13(8-15-18(20)24-12-22-15)9-19(2,3)10-16(17)23/h5-7,11-12H,4,8-10H2,1-3H3. The van der Waals surface area contributed by atoms with E-state index in [9.17, 15) is 4.79 Å². The molecule has 0 saturated heterocycles. The minimum Gasteiger partial charge on any atom is -0.294 e. The summed E-state index contributed by atoms with van der Waals surface area (Å²) in [4.78, 5) is 23.5. The third kappa shape index (κ3) is 2.12. The molecule has 1 atom stereocenters. The molecule has 2 aromatic heterocycles. The van der Waals surface area contributed by atoms with Crippen LogP contribution in [0, 0.1) is 5.41 Å². The third-order valence-electron chi connectivity index (χ3n) is 5.48. The van der Waals surface area contributed by atoms with Crippen LogP contribution in [-0.4, -0.2) is 15.8 Å². The second kappa shape index (κ2) is 5.35. The fourth-order valence-electron chi connectivity index (χ4n) is 4.63. The molecular formula is C20H22N2OS. The average Bonchev–Trinajstić information content (AvgIpc) is 3.01. The van der Waals surface area contributed by atoms with Gasteiger partial charge in [-0.25, -0.2) is 4.98 Å². The van der Waals surface area contributed by atoms with Crippen molar-refractivity contribution in [1.29, 1.82) is 0 Å². The lowest BCUT2D eigenvalue weighted by atomic mass is 9.59. The summed E-state index contributed by atoms with van der Waals surface area (Å²) in [6.45, 7) is 6.57. The van der Waals surface area contributed by atoms with Crippen molar-refractivity contribution in [2.45, 2.75) is 51.9 Å². The molecule has 0 saturated carbocycles. The van der Waals surface area contributed by atoms with Gasteiger partial charge in [0, 0.05) is 35.7 Å². The lowest BCUT2D eigenvalue weighted by Crippen LogP contribution is -2.42. The SMILES string of the molecule is CCC1(c2cccnc2)C2=C(Cc3ncsc31)CC(C)(C)CC2=O. The average molecular weight is 338 g/mol. The second-order valence-electron chi connectivity index (χ2n) is 7.73. The van der Waals surface area contributed by atoms with E-state index in [0.717, 1.165) is 36.1 Å². The number of carbonyl (C=O) groups is 1. The highest BCUT2D eigenvalue weighted by Crippen LogP contribution is 2.54. The Hall–Kier alpha value is -1.81. The van der Waals surface area contributed by atoms with E-state index in [-0.39, 0.29) is 10.8 Å². The van der Waals surface area contributed by atoms with Gasteiger partial charge in [0.1, 0.15) is 0 Å². The zero-order valence-corrected chi connectivity index (χ0v) is 15.2. The van der Waals surface area contributed by atoms with Crippen LogP contribution < -0.4 is 0 Å². The molecule has 0 spiro atoms. The van der Waals surface area contributed by atoms with Crippen LogP contribution in [0.1, 0.15) is 56.2 Å². The van der Waals surface area contributed by atoms with Gasteiger partial charge in [0.2, 0.25) is 0 Å². The second-order valence-corrected chi connectivity index (χ2v) is 8.58. The van der Waals surface area contributed by atoms with Crippen molar-refractivity contribution in [1.82, 2.24) is 9.97 Å². The lowest BCUT2D eigenvalue weighted by molar-refractivity contribution is -0.118. The van der Waals surface area contributed by atoms with Crippen LogP contribution in [0.3, 0.4) is 0 Å². The van der Waals surface area contributed by atoms with Crippen molar-refractivity contribution < 1.29 is 4.79 Å². The summed E-state index contributed by atoms with van der Waals surface area (Å²) in [6, 6.07) is 4.09. The Morgan fingerprint density at radius 3 is 2.83 bits per heavy atom. The summed E-state index contributed by atoms with van der Waals surface area (Å²) in [7, 11) is 0. The fraction of sp³-hybridized carbons (Fsp3) is 0.450. The van der Waals surface area contributed by atoms with Crippen molar-refractivity contribution in [2.24, 2.45) is 5.41 Å². The number of fused-ring (bicyclic) bond motifs is 1. The normalized spacial score (nSPS) is 25.4. The topological polar surface area (TPSA) is 42.9 Å². The smallest absolute Gasteiger partial charge is 0.160 e. The van der Waals surface area contributed by atoms with E-state index in [1.807, 2.05) is 17.8 Å². The molecule has 0 amide bonds. The van der Waals surface area contributed by atoms with Gasteiger partial charge < -0.3 is 0 Å². The molecule has 2 aliphatic carbocycles. The lowest BCUT2D eigenvalue weighted by Gasteiger charge is -2.44. The minimum atomic E-state index is -0.369. The molecule has 124 valence electrons. The highest BCUT2D eigenvalue weighted by atomic mass is 32.1. The number of thiazole rings is 1. The molecule has 0 aromatic carbocycles. The first kappa shape index (κ1) is 15.7. The Morgan fingerprint density at radius 1 is 1.29 bits per heavy atom. The maximum Gasteiger partial charge on any atom is 0.160 e. The van der Waals surface area contributed by atoms with Crippen LogP contribution in [0.5, 0.6) is 0 Å². The van der Waals surface area contributed by atoms with E-state index in [4.69, 9.17) is 0 Å². The van der Waals surface area contributed by atoms with Crippen molar-refractivity contribution >= 4 is 17.1 Å². The van der Waals surface area contributed by atoms with Crippen LogP contribution >= 0.6 is 11.3 Å². The Bertz CT molecular complexity index is 834. The molecule has 0 N–H and O–H groups in total. The van der Waals surface area contributed by atoms with E-state index in [0.29, 0.717) is 12.2 Å². The highest BCUT2D eigenvalue weighted by Gasteiger charge is 2.50. The van der Waals surface area contributed by atoms with Gasteiger partial charge >= 0.3 is 0 Å². The maximum atomic E-state index is 13.2.